The summed E-state index contributed by atoms with van der Waals surface area (Å²) >= 11 is 0. The lowest BCUT2D eigenvalue weighted by molar-refractivity contribution is 0.145. The molecule has 0 aliphatic heterocycles. The van der Waals surface area contributed by atoms with E-state index in [-0.39, 0.29) is 18.6 Å². The fourth-order valence-corrected chi connectivity index (χ4v) is 1.96. The van der Waals surface area contributed by atoms with E-state index in [1.54, 1.807) is 6.08 Å². The van der Waals surface area contributed by atoms with Crippen molar-refractivity contribution >= 4 is 12.1 Å². The number of guanidine groups is 1. The lowest BCUT2D eigenvalue weighted by Crippen LogP contribution is -2.37. The van der Waals surface area contributed by atoms with E-state index in [1.807, 2.05) is 60.7 Å². The van der Waals surface area contributed by atoms with Crippen molar-refractivity contribution in [1.82, 2.24) is 5.32 Å². The van der Waals surface area contributed by atoms with Crippen molar-refractivity contribution < 1.29 is 9.53 Å². The second kappa shape index (κ2) is 8.38. The van der Waals surface area contributed by atoms with Crippen LogP contribution in [0.2, 0.25) is 0 Å². The van der Waals surface area contributed by atoms with Gasteiger partial charge in [-0.05, 0) is 11.1 Å². The molecule has 118 valence electrons. The molecule has 5 nitrogen and oxygen atoms in total. The molecule has 5 heteroatoms. The van der Waals surface area contributed by atoms with Crippen LogP contribution in [0.4, 0.5) is 4.79 Å². The van der Waals surface area contributed by atoms with Crippen LogP contribution in [0, 0.1) is 0 Å². The summed E-state index contributed by atoms with van der Waals surface area (Å²) < 4.78 is 5.08. The Morgan fingerprint density at radius 3 is 2.39 bits per heavy atom. The van der Waals surface area contributed by atoms with Crippen molar-refractivity contribution in [3.05, 3.63) is 84.4 Å². The van der Waals surface area contributed by atoms with Gasteiger partial charge in [0, 0.05) is 0 Å². The minimum absolute atomic E-state index is 0.0168. The Hall–Kier alpha value is -3.08. The van der Waals surface area contributed by atoms with Gasteiger partial charge in [-0.2, -0.15) is 0 Å². The Kier molecular flexibility index (Phi) is 5.94. The van der Waals surface area contributed by atoms with Crippen molar-refractivity contribution in [2.45, 2.75) is 12.6 Å². The molecule has 2 rings (SSSR count). The van der Waals surface area contributed by atoms with E-state index in [2.05, 4.69) is 16.9 Å². The Morgan fingerprint density at radius 2 is 1.78 bits per heavy atom. The first-order chi connectivity index (χ1) is 11.2. The molecule has 3 N–H and O–H groups in total. The first-order valence-corrected chi connectivity index (χ1v) is 7.17. The van der Waals surface area contributed by atoms with E-state index < -0.39 is 6.09 Å². The van der Waals surface area contributed by atoms with Gasteiger partial charge in [-0.3, -0.25) is 5.32 Å². The number of amides is 1. The highest BCUT2D eigenvalue weighted by Gasteiger charge is 2.08. The van der Waals surface area contributed by atoms with Crippen LogP contribution in [-0.2, 0) is 11.3 Å². The SMILES string of the molecule is C=CC(N=C(N)NC(=O)OCc1ccccc1)c1ccccc1. The molecule has 0 spiro atoms. The van der Waals surface area contributed by atoms with Crippen molar-refractivity contribution in [1.29, 1.82) is 0 Å². The third kappa shape index (κ3) is 5.32. The van der Waals surface area contributed by atoms with E-state index in [9.17, 15) is 4.79 Å². The van der Waals surface area contributed by atoms with Crippen LogP contribution >= 0.6 is 0 Å². The van der Waals surface area contributed by atoms with Gasteiger partial charge < -0.3 is 10.5 Å². The normalized spacial score (nSPS) is 12.3. The molecule has 1 atom stereocenters. The summed E-state index contributed by atoms with van der Waals surface area (Å²) in [5, 5.41) is 2.40. The van der Waals surface area contributed by atoms with E-state index in [0.717, 1.165) is 11.1 Å². The molecule has 2 aromatic rings. The second-order valence-corrected chi connectivity index (χ2v) is 4.79. The minimum Gasteiger partial charge on any atom is -0.444 e. The molecule has 0 aliphatic rings. The molecule has 0 bridgehead atoms. The lowest BCUT2D eigenvalue weighted by Gasteiger charge is -2.10. The number of nitrogens with zero attached hydrogens (tertiary/aromatic N) is 1. The molecule has 1 unspecified atom stereocenters. The fraction of sp³-hybridized carbons (Fsp3) is 0.111. The summed E-state index contributed by atoms with van der Waals surface area (Å²) in [7, 11) is 0. The van der Waals surface area contributed by atoms with Crippen LogP contribution in [0.5, 0.6) is 0 Å². The Labute approximate surface area is 135 Å². The summed E-state index contributed by atoms with van der Waals surface area (Å²) in [6.07, 6.45) is 1.00. The predicted molar refractivity (Wildman–Crippen MR) is 90.8 cm³/mol. The molecule has 0 aromatic heterocycles. The second-order valence-electron chi connectivity index (χ2n) is 4.79. The van der Waals surface area contributed by atoms with Crippen LogP contribution in [0.1, 0.15) is 17.2 Å². The molecule has 2 aromatic carbocycles. The largest absolute Gasteiger partial charge is 0.444 e. The maximum Gasteiger partial charge on any atom is 0.414 e. The number of ether oxygens (including phenoxy) is 1. The van der Waals surface area contributed by atoms with Crippen LogP contribution in [0.3, 0.4) is 0 Å². The smallest absolute Gasteiger partial charge is 0.414 e. The number of nitrogens with one attached hydrogen (secondary N) is 1. The average molecular weight is 309 g/mol. The topological polar surface area (TPSA) is 76.7 Å². The number of aliphatic imine (C=N–C) groups is 1. The zero-order valence-corrected chi connectivity index (χ0v) is 12.7. The summed E-state index contributed by atoms with van der Waals surface area (Å²) in [6, 6.07) is 18.6. The number of hydrogen-bond donors (Lipinski definition) is 2. The maximum atomic E-state index is 11.7. The Bertz CT molecular complexity index is 669. The molecule has 0 aliphatic carbocycles. The zero-order chi connectivity index (χ0) is 16.5. The summed E-state index contributed by atoms with van der Waals surface area (Å²) in [5.41, 5.74) is 7.58. The van der Waals surface area contributed by atoms with Crippen LogP contribution in [-0.4, -0.2) is 12.1 Å². The van der Waals surface area contributed by atoms with Gasteiger partial charge in [0.15, 0.2) is 5.96 Å². The van der Waals surface area contributed by atoms with E-state index >= 15 is 0 Å². The third-order valence-electron chi connectivity index (χ3n) is 3.09. The number of rotatable bonds is 5. The molecule has 0 saturated heterocycles. The van der Waals surface area contributed by atoms with Crippen LogP contribution in [0.25, 0.3) is 0 Å². The van der Waals surface area contributed by atoms with Gasteiger partial charge >= 0.3 is 6.09 Å². The van der Waals surface area contributed by atoms with Gasteiger partial charge in [0.2, 0.25) is 0 Å². The van der Waals surface area contributed by atoms with Gasteiger partial charge in [0.05, 0.1) is 6.04 Å². The predicted octanol–water partition coefficient (Wildman–Crippen LogP) is 3.15. The molecule has 0 heterocycles. The average Bonchev–Trinajstić information content (AvgIpc) is 2.59. The van der Waals surface area contributed by atoms with Gasteiger partial charge in [0.1, 0.15) is 6.61 Å². The summed E-state index contributed by atoms with van der Waals surface area (Å²) in [6.45, 7) is 3.91. The number of hydrogen-bond acceptors (Lipinski definition) is 3. The highest BCUT2D eigenvalue weighted by molar-refractivity contribution is 5.93. The standard InChI is InChI=1S/C18H19N3O2/c1-2-16(15-11-7-4-8-12-15)20-17(19)21-18(22)23-13-14-9-5-3-6-10-14/h2-12,16H,1,13H2,(H3,19,20,21,22). The van der Waals surface area contributed by atoms with Crippen molar-refractivity contribution in [2.75, 3.05) is 0 Å². The molecular formula is C18H19N3O2. The number of carbonyl (C=O) groups excluding carboxylic acids is 1. The number of carbonyl (C=O) groups is 1. The summed E-state index contributed by atoms with van der Waals surface area (Å²) in [4.78, 5) is 15.9. The third-order valence-corrected chi connectivity index (χ3v) is 3.09. The van der Waals surface area contributed by atoms with Crippen molar-refractivity contribution in [2.24, 2.45) is 10.7 Å². The number of alkyl carbamates (subject to hydrolysis) is 1. The van der Waals surface area contributed by atoms with Gasteiger partial charge in [-0.1, -0.05) is 66.7 Å². The molecule has 0 radical (unpaired) electrons. The monoisotopic (exact) mass is 309 g/mol. The highest BCUT2D eigenvalue weighted by Crippen LogP contribution is 2.17. The van der Waals surface area contributed by atoms with Gasteiger partial charge in [0.25, 0.3) is 0 Å². The molecule has 23 heavy (non-hydrogen) atoms. The van der Waals surface area contributed by atoms with Gasteiger partial charge in [-0.15, -0.1) is 6.58 Å². The van der Waals surface area contributed by atoms with E-state index in [1.165, 1.54) is 0 Å². The first-order valence-electron chi connectivity index (χ1n) is 7.17. The number of benzene rings is 2. The zero-order valence-electron chi connectivity index (χ0n) is 12.7. The highest BCUT2D eigenvalue weighted by atomic mass is 16.5. The molecule has 1 amide bonds. The Balaban J connectivity index is 1.90. The minimum atomic E-state index is -0.647. The maximum absolute atomic E-state index is 11.7. The lowest BCUT2D eigenvalue weighted by atomic mass is 10.1. The van der Waals surface area contributed by atoms with E-state index in [0.29, 0.717) is 0 Å². The van der Waals surface area contributed by atoms with Crippen LogP contribution in [0.15, 0.2) is 78.3 Å². The Morgan fingerprint density at radius 1 is 1.17 bits per heavy atom. The summed E-state index contributed by atoms with van der Waals surface area (Å²) in [5.74, 6) is -0.0168. The quantitative estimate of drug-likeness (QED) is 0.506. The molecule has 0 fully saturated rings. The fourth-order valence-electron chi connectivity index (χ4n) is 1.96. The van der Waals surface area contributed by atoms with Gasteiger partial charge in [-0.25, -0.2) is 9.79 Å². The van der Waals surface area contributed by atoms with E-state index in [4.69, 9.17) is 10.5 Å². The van der Waals surface area contributed by atoms with Crippen LogP contribution < -0.4 is 11.1 Å². The van der Waals surface area contributed by atoms with Crippen molar-refractivity contribution in [3.8, 4) is 0 Å². The van der Waals surface area contributed by atoms with Crippen molar-refractivity contribution in [3.63, 3.8) is 0 Å². The number of nitrogens with two attached hydrogens (primary N) is 1. The molecule has 0 saturated carbocycles. The first kappa shape index (κ1) is 16.3. The molecular weight excluding hydrogens is 290 g/mol.